The van der Waals surface area contributed by atoms with Crippen LogP contribution < -0.4 is 10.1 Å². The molecule has 0 spiro atoms. The van der Waals surface area contributed by atoms with E-state index in [4.69, 9.17) is 9.47 Å². The van der Waals surface area contributed by atoms with Crippen LogP contribution in [0.4, 0.5) is 4.79 Å². The Kier molecular flexibility index (Phi) is 8.72. The first kappa shape index (κ1) is 23.7. The minimum absolute atomic E-state index is 0.0786. The molecule has 1 atom stereocenters. The van der Waals surface area contributed by atoms with Gasteiger partial charge in [0.25, 0.3) is 5.91 Å². The Morgan fingerprint density at radius 2 is 1.83 bits per heavy atom. The molecule has 2 rings (SSSR count). The Morgan fingerprint density at radius 1 is 1.20 bits per heavy atom. The van der Waals surface area contributed by atoms with Crippen molar-refractivity contribution in [2.75, 3.05) is 26.7 Å². The number of nitrogens with zero attached hydrogens (tertiary/aromatic N) is 2. The highest BCUT2D eigenvalue weighted by Crippen LogP contribution is 2.15. The van der Waals surface area contributed by atoms with Gasteiger partial charge in [-0.15, -0.1) is 0 Å². The predicted octanol–water partition coefficient (Wildman–Crippen LogP) is 3.55. The molecule has 7 nitrogen and oxygen atoms in total. The molecule has 166 valence electrons. The number of hydrogen-bond acceptors (Lipinski definition) is 5. The highest BCUT2D eigenvalue weighted by Gasteiger charge is 2.22. The SMILES string of the molecule is CCN(C(=O)C=C[C@H](Cc1ccc(OC)cc1)NC(=O)OC(C)(C)C)N1CCCC1. The molecule has 0 aromatic heterocycles. The van der Waals surface area contributed by atoms with Crippen molar-refractivity contribution in [3.63, 3.8) is 0 Å². The number of benzene rings is 1. The van der Waals surface area contributed by atoms with Crippen LogP contribution in [0.1, 0.15) is 46.1 Å². The van der Waals surface area contributed by atoms with Crippen LogP contribution in [-0.4, -0.2) is 60.4 Å². The summed E-state index contributed by atoms with van der Waals surface area (Å²) in [7, 11) is 1.62. The van der Waals surface area contributed by atoms with Crippen LogP contribution in [0, 0.1) is 0 Å². The minimum atomic E-state index is -0.594. The van der Waals surface area contributed by atoms with E-state index in [1.807, 2.05) is 52.0 Å². The normalized spacial score (nSPS) is 15.8. The topological polar surface area (TPSA) is 71.1 Å². The molecule has 7 heteroatoms. The predicted molar refractivity (Wildman–Crippen MR) is 117 cm³/mol. The quantitative estimate of drug-likeness (QED) is 0.655. The third-order valence-corrected chi connectivity index (χ3v) is 4.77. The van der Waals surface area contributed by atoms with Gasteiger partial charge in [-0.05, 0) is 64.7 Å². The summed E-state index contributed by atoms with van der Waals surface area (Å²) in [4.78, 5) is 25.1. The second kappa shape index (κ2) is 11.0. The largest absolute Gasteiger partial charge is 0.497 e. The number of carbonyl (C=O) groups excluding carboxylic acids is 2. The maximum absolute atomic E-state index is 12.8. The molecule has 1 heterocycles. The van der Waals surface area contributed by atoms with E-state index in [9.17, 15) is 9.59 Å². The monoisotopic (exact) mass is 417 g/mol. The molecule has 1 saturated heterocycles. The Balaban J connectivity index is 2.10. The van der Waals surface area contributed by atoms with Crippen LogP contribution in [0.25, 0.3) is 0 Å². The van der Waals surface area contributed by atoms with E-state index in [0.717, 1.165) is 37.2 Å². The van der Waals surface area contributed by atoms with Gasteiger partial charge in [-0.3, -0.25) is 9.80 Å². The van der Waals surface area contributed by atoms with Gasteiger partial charge >= 0.3 is 6.09 Å². The molecule has 0 aliphatic carbocycles. The second-order valence-corrected chi connectivity index (χ2v) is 8.38. The van der Waals surface area contributed by atoms with Crippen LogP contribution in [-0.2, 0) is 16.0 Å². The average Bonchev–Trinajstić information content (AvgIpc) is 3.20. The van der Waals surface area contributed by atoms with E-state index in [-0.39, 0.29) is 11.9 Å². The zero-order valence-electron chi connectivity index (χ0n) is 18.8. The fourth-order valence-corrected chi connectivity index (χ4v) is 3.36. The molecule has 0 unspecified atom stereocenters. The van der Waals surface area contributed by atoms with Gasteiger partial charge in [-0.1, -0.05) is 18.2 Å². The standard InChI is InChI=1S/C23H35N3O4/c1-6-26(25-15-7-8-16-25)21(27)14-11-19(24-22(28)30-23(2,3)4)17-18-9-12-20(29-5)13-10-18/h9-14,19H,6-8,15-17H2,1-5H3,(H,24,28)/t19-/m1/s1. The molecule has 0 radical (unpaired) electrons. The number of rotatable bonds is 8. The molecular weight excluding hydrogens is 382 g/mol. The summed E-state index contributed by atoms with van der Waals surface area (Å²) in [6.07, 6.45) is 5.53. The molecule has 1 aliphatic rings. The first-order valence-corrected chi connectivity index (χ1v) is 10.6. The van der Waals surface area contributed by atoms with Crippen LogP contribution in [0.15, 0.2) is 36.4 Å². The van der Waals surface area contributed by atoms with E-state index >= 15 is 0 Å². The number of methoxy groups -OCH3 is 1. The number of carbonyl (C=O) groups is 2. The van der Waals surface area contributed by atoms with E-state index in [0.29, 0.717) is 13.0 Å². The molecule has 1 N–H and O–H groups in total. The maximum Gasteiger partial charge on any atom is 0.408 e. The van der Waals surface area contributed by atoms with Gasteiger partial charge in [-0.2, -0.15) is 0 Å². The molecule has 0 saturated carbocycles. The highest BCUT2D eigenvalue weighted by atomic mass is 16.6. The summed E-state index contributed by atoms with van der Waals surface area (Å²) in [6.45, 7) is 9.85. The van der Waals surface area contributed by atoms with E-state index in [1.165, 1.54) is 0 Å². The molecule has 30 heavy (non-hydrogen) atoms. The Hall–Kier alpha value is -2.54. The summed E-state index contributed by atoms with van der Waals surface area (Å²) in [5.74, 6) is 0.690. The lowest BCUT2D eigenvalue weighted by atomic mass is 10.1. The van der Waals surface area contributed by atoms with Crippen molar-refractivity contribution in [3.05, 3.63) is 42.0 Å². The van der Waals surface area contributed by atoms with Crippen molar-refractivity contribution in [3.8, 4) is 5.75 Å². The van der Waals surface area contributed by atoms with Gasteiger partial charge in [0.15, 0.2) is 0 Å². The van der Waals surface area contributed by atoms with E-state index in [1.54, 1.807) is 24.3 Å². The molecule has 2 amide bonds. The van der Waals surface area contributed by atoms with Crippen LogP contribution in [0.3, 0.4) is 0 Å². The second-order valence-electron chi connectivity index (χ2n) is 8.38. The Bertz CT molecular complexity index is 719. The van der Waals surface area contributed by atoms with Crippen molar-refractivity contribution in [2.24, 2.45) is 0 Å². The lowest BCUT2D eigenvalue weighted by Crippen LogP contribution is -2.44. The fraction of sp³-hybridized carbons (Fsp3) is 0.565. The summed E-state index contributed by atoms with van der Waals surface area (Å²) in [6, 6.07) is 7.26. The summed E-state index contributed by atoms with van der Waals surface area (Å²) in [5, 5.41) is 6.72. The maximum atomic E-state index is 12.8. The molecule has 1 aromatic carbocycles. The van der Waals surface area contributed by atoms with Crippen LogP contribution in [0.5, 0.6) is 5.75 Å². The zero-order chi connectivity index (χ0) is 22.1. The van der Waals surface area contributed by atoms with Gasteiger partial charge in [0.2, 0.25) is 0 Å². The number of hydrazine groups is 1. The van der Waals surface area contributed by atoms with Crippen molar-refractivity contribution >= 4 is 12.0 Å². The molecule has 1 aromatic rings. The number of hydrogen-bond donors (Lipinski definition) is 1. The van der Waals surface area contributed by atoms with Gasteiger partial charge in [-0.25, -0.2) is 9.80 Å². The minimum Gasteiger partial charge on any atom is -0.497 e. The molecule has 1 aliphatic heterocycles. The molecular formula is C23H35N3O4. The van der Waals surface area contributed by atoms with Gasteiger partial charge < -0.3 is 14.8 Å². The number of amides is 2. The Morgan fingerprint density at radius 3 is 2.37 bits per heavy atom. The van der Waals surface area contributed by atoms with Gasteiger partial charge in [0.1, 0.15) is 11.4 Å². The first-order chi connectivity index (χ1) is 14.2. The lowest BCUT2D eigenvalue weighted by Gasteiger charge is -2.29. The third-order valence-electron chi connectivity index (χ3n) is 4.77. The number of likely N-dealkylation sites (N-methyl/N-ethyl adjacent to an activating group) is 1. The smallest absolute Gasteiger partial charge is 0.408 e. The average molecular weight is 418 g/mol. The molecule has 0 bridgehead atoms. The number of alkyl carbamates (subject to hydrolysis) is 1. The first-order valence-electron chi connectivity index (χ1n) is 10.6. The van der Waals surface area contributed by atoms with Crippen LogP contribution in [0.2, 0.25) is 0 Å². The summed E-state index contributed by atoms with van der Waals surface area (Å²) in [5.41, 5.74) is 0.420. The third kappa shape index (κ3) is 7.71. The summed E-state index contributed by atoms with van der Waals surface area (Å²) >= 11 is 0. The van der Waals surface area contributed by atoms with Crippen LogP contribution >= 0.6 is 0 Å². The molecule has 1 fully saturated rings. The van der Waals surface area contributed by atoms with E-state index < -0.39 is 11.7 Å². The lowest BCUT2D eigenvalue weighted by molar-refractivity contribution is -0.141. The van der Waals surface area contributed by atoms with Crippen molar-refractivity contribution in [1.82, 2.24) is 15.3 Å². The zero-order valence-corrected chi connectivity index (χ0v) is 18.8. The number of ether oxygens (including phenoxy) is 2. The van der Waals surface area contributed by atoms with Gasteiger partial charge in [0, 0.05) is 25.7 Å². The van der Waals surface area contributed by atoms with Crippen molar-refractivity contribution in [1.29, 1.82) is 0 Å². The van der Waals surface area contributed by atoms with Crippen molar-refractivity contribution in [2.45, 2.75) is 58.6 Å². The highest BCUT2D eigenvalue weighted by molar-refractivity contribution is 5.87. The van der Waals surface area contributed by atoms with Crippen molar-refractivity contribution < 1.29 is 19.1 Å². The van der Waals surface area contributed by atoms with E-state index in [2.05, 4.69) is 10.3 Å². The number of nitrogens with one attached hydrogen (secondary N) is 1. The summed E-state index contributed by atoms with van der Waals surface area (Å²) < 4.78 is 10.6. The Labute approximate surface area is 180 Å². The fourth-order valence-electron chi connectivity index (χ4n) is 3.36. The van der Waals surface area contributed by atoms with Gasteiger partial charge in [0.05, 0.1) is 13.2 Å².